The number of aromatic nitrogens is 3. The Kier molecular flexibility index (Phi) is 6.13. The Morgan fingerprint density at radius 3 is 2.63 bits per heavy atom. The van der Waals surface area contributed by atoms with E-state index in [4.69, 9.17) is 4.74 Å². The predicted molar refractivity (Wildman–Crippen MR) is 106 cm³/mol. The lowest BCUT2D eigenvalue weighted by Gasteiger charge is -2.09. The number of nitrogens with zero attached hydrogens (tertiary/aromatic N) is 3. The molecule has 0 radical (unpaired) electrons. The van der Waals surface area contributed by atoms with Crippen LogP contribution >= 0.6 is 11.8 Å². The second-order valence-corrected chi connectivity index (χ2v) is 7.06. The van der Waals surface area contributed by atoms with Crippen LogP contribution < -0.4 is 10.1 Å². The van der Waals surface area contributed by atoms with E-state index >= 15 is 0 Å². The van der Waals surface area contributed by atoms with E-state index in [0.29, 0.717) is 11.7 Å². The average molecular weight is 382 g/mol. The smallest absolute Gasteiger partial charge is 0.230 e. The van der Waals surface area contributed by atoms with Crippen LogP contribution in [0.15, 0.2) is 53.7 Å². The van der Waals surface area contributed by atoms with Gasteiger partial charge in [0.15, 0.2) is 5.16 Å². The quantitative estimate of drug-likeness (QED) is 0.635. The van der Waals surface area contributed by atoms with Gasteiger partial charge in [0.1, 0.15) is 11.6 Å². The largest absolute Gasteiger partial charge is 0.497 e. The van der Waals surface area contributed by atoms with Gasteiger partial charge in [0, 0.05) is 12.2 Å². The van der Waals surface area contributed by atoms with Gasteiger partial charge < -0.3 is 10.1 Å². The molecule has 0 aliphatic heterocycles. The SMILES string of the molecule is COc1ccc(-n2c(C)nnc2SCC(=O)NCc2cccc(C)c2)cc1. The van der Waals surface area contributed by atoms with E-state index in [1.165, 1.54) is 17.3 Å². The summed E-state index contributed by atoms with van der Waals surface area (Å²) >= 11 is 1.37. The maximum Gasteiger partial charge on any atom is 0.230 e. The van der Waals surface area contributed by atoms with Crippen molar-refractivity contribution in [1.82, 2.24) is 20.1 Å². The van der Waals surface area contributed by atoms with Crippen molar-refractivity contribution in [2.75, 3.05) is 12.9 Å². The number of ether oxygens (including phenoxy) is 1. The number of thioether (sulfide) groups is 1. The van der Waals surface area contributed by atoms with Crippen molar-refractivity contribution in [2.24, 2.45) is 0 Å². The van der Waals surface area contributed by atoms with Gasteiger partial charge in [-0.05, 0) is 43.7 Å². The molecule has 1 heterocycles. The first-order valence-corrected chi connectivity index (χ1v) is 9.57. The molecule has 0 unspecified atom stereocenters. The molecule has 0 saturated carbocycles. The number of amides is 1. The third kappa shape index (κ3) is 4.89. The normalized spacial score (nSPS) is 10.6. The van der Waals surface area contributed by atoms with Crippen LogP contribution in [0.4, 0.5) is 0 Å². The lowest BCUT2D eigenvalue weighted by molar-refractivity contribution is -0.118. The second-order valence-electron chi connectivity index (χ2n) is 6.12. The number of hydrogen-bond donors (Lipinski definition) is 1. The predicted octanol–water partition coefficient (Wildman–Crippen LogP) is 3.30. The highest BCUT2D eigenvalue weighted by Crippen LogP contribution is 2.23. The number of rotatable bonds is 7. The number of methoxy groups -OCH3 is 1. The Bertz CT molecular complexity index is 922. The topological polar surface area (TPSA) is 69.0 Å². The standard InChI is InChI=1S/C20H22N4O2S/c1-14-5-4-6-16(11-14)12-21-19(25)13-27-20-23-22-15(2)24(20)17-7-9-18(26-3)10-8-17/h4-11H,12-13H2,1-3H3,(H,21,25). The number of carbonyl (C=O) groups excluding carboxylic acids is 1. The minimum absolute atomic E-state index is 0.0385. The lowest BCUT2D eigenvalue weighted by atomic mass is 10.1. The van der Waals surface area contributed by atoms with E-state index in [2.05, 4.69) is 21.6 Å². The van der Waals surface area contributed by atoms with Gasteiger partial charge >= 0.3 is 0 Å². The molecule has 6 nitrogen and oxygen atoms in total. The van der Waals surface area contributed by atoms with Gasteiger partial charge in [-0.1, -0.05) is 41.6 Å². The molecule has 0 spiro atoms. The zero-order valence-electron chi connectivity index (χ0n) is 15.6. The average Bonchev–Trinajstić information content (AvgIpc) is 3.05. The van der Waals surface area contributed by atoms with Gasteiger partial charge in [0.2, 0.25) is 5.91 Å². The Balaban J connectivity index is 1.61. The lowest BCUT2D eigenvalue weighted by Crippen LogP contribution is -2.24. The molecule has 7 heteroatoms. The van der Waals surface area contributed by atoms with Crippen LogP contribution in [-0.2, 0) is 11.3 Å². The molecule has 0 fully saturated rings. The molecular formula is C20H22N4O2S. The Morgan fingerprint density at radius 2 is 1.93 bits per heavy atom. The molecule has 0 saturated heterocycles. The number of aryl methyl sites for hydroxylation is 2. The van der Waals surface area contributed by atoms with Crippen molar-refractivity contribution in [2.45, 2.75) is 25.5 Å². The highest BCUT2D eigenvalue weighted by Gasteiger charge is 2.13. The first-order chi connectivity index (χ1) is 13.1. The maximum atomic E-state index is 12.2. The van der Waals surface area contributed by atoms with Gasteiger partial charge in [-0.25, -0.2) is 0 Å². The molecule has 3 rings (SSSR count). The Morgan fingerprint density at radius 1 is 1.15 bits per heavy atom. The molecule has 27 heavy (non-hydrogen) atoms. The Labute approximate surface area is 163 Å². The van der Waals surface area contributed by atoms with Gasteiger partial charge in [-0.2, -0.15) is 0 Å². The molecule has 0 aliphatic carbocycles. The number of benzene rings is 2. The molecule has 3 aromatic rings. The molecule has 2 aromatic carbocycles. The van der Waals surface area contributed by atoms with Crippen LogP contribution in [0.2, 0.25) is 0 Å². The van der Waals surface area contributed by atoms with E-state index in [0.717, 1.165) is 22.8 Å². The highest BCUT2D eigenvalue weighted by atomic mass is 32.2. The molecule has 0 bridgehead atoms. The maximum absolute atomic E-state index is 12.2. The van der Waals surface area contributed by atoms with Crippen molar-refractivity contribution in [3.8, 4) is 11.4 Å². The second kappa shape index (κ2) is 8.73. The van der Waals surface area contributed by atoms with Crippen molar-refractivity contribution in [1.29, 1.82) is 0 Å². The van der Waals surface area contributed by atoms with Crippen molar-refractivity contribution >= 4 is 17.7 Å². The van der Waals surface area contributed by atoms with Gasteiger partial charge in [-0.15, -0.1) is 10.2 Å². The van der Waals surface area contributed by atoms with Crippen LogP contribution in [0, 0.1) is 13.8 Å². The Hall–Kier alpha value is -2.80. The summed E-state index contributed by atoms with van der Waals surface area (Å²) in [7, 11) is 1.63. The highest BCUT2D eigenvalue weighted by molar-refractivity contribution is 7.99. The number of carbonyl (C=O) groups is 1. The third-order valence-corrected chi connectivity index (χ3v) is 4.96. The van der Waals surface area contributed by atoms with Crippen LogP contribution in [-0.4, -0.2) is 33.5 Å². The first-order valence-electron chi connectivity index (χ1n) is 8.58. The fraction of sp³-hybridized carbons (Fsp3) is 0.250. The van der Waals surface area contributed by atoms with Crippen molar-refractivity contribution in [3.63, 3.8) is 0 Å². The summed E-state index contributed by atoms with van der Waals surface area (Å²) in [4.78, 5) is 12.2. The fourth-order valence-electron chi connectivity index (χ4n) is 2.67. The van der Waals surface area contributed by atoms with E-state index in [-0.39, 0.29) is 11.7 Å². The summed E-state index contributed by atoms with van der Waals surface area (Å²) in [5, 5.41) is 12.0. The summed E-state index contributed by atoms with van der Waals surface area (Å²) in [5.41, 5.74) is 3.20. The molecule has 1 aromatic heterocycles. The summed E-state index contributed by atoms with van der Waals surface area (Å²) in [6.07, 6.45) is 0. The van der Waals surface area contributed by atoms with E-state index in [1.807, 2.05) is 60.9 Å². The molecule has 140 valence electrons. The van der Waals surface area contributed by atoms with Crippen LogP contribution in [0.1, 0.15) is 17.0 Å². The van der Waals surface area contributed by atoms with Crippen molar-refractivity contribution < 1.29 is 9.53 Å². The van der Waals surface area contributed by atoms with E-state index < -0.39 is 0 Å². The van der Waals surface area contributed by atoms with Gasteiger partial charge in [-0.3, -0.25) is 9.36 Å². The molecule has 1 amide bonds. The summed E-state index contributed by atoms with van der Waals surface area (Å²) in [6, 6.07) is 15.8. The van der Waals surface area contributed by atoms with E-state index in [9.17, 15) is 4.79 Å². The molecule has 0 aliphatic rings. The summed E-state index contributed by atoms with van der Waals surface area (Å²) < 4.78 is 7.13. The van der Waals surface area contributed by atoms with Crippen LogP contribution in [0.25, 0.3) is 5.69 Å². The summed E-state index contributed by atoms with van der Waals surface area (Å²) in [5.74, 6) is 1.79. The minimum atomic E-state index is -0.0385. The van der Waals surface area contributed by atoms with Gasteiger partial charge in [0.25, 0.3) is 0 Å². The summed E-state index contributed by atoms with van der Waals surface area (Å²) in [6.45, 7) is 4.44. The van der Waals surface area contributed by atoms with E-state index in [1.54, 1.807) is 7.11 Å². The number of nitrogens with one attached hydrogen (secondary N) is 1. The van der Waals surface area contributed by atoms with Gasteiger partial charge in [0.05, 0.1) is 12.9 Å². The molecule has 1 N–H and O–H groups in total. The zero-order valence-corrected chi connectivity index (χ0v) is 16.4. The van der Waals surface area contributed by atoms with Crippen LogP contribution in [0.5, 0.6) is 5.75 Å². The minimum Gasteiger partial charge on any atom is -0.497 e. The van der Waals surface area contributed by atoms with Crippen LogP contribution in [0.3, 0.4) is 0 Å². The van der Waals surface area contributed by atoms with Crippen molar-refractivity contribution in [3.05, 3.63) is 65.5 Å². The molecular weight excluding hydrogens is 360 g/mol. The fourth-order valence-corrected chi connectivity index (χ4v) is 3.50. The molecule has 0 atom stereocenters. The number of hydrogen-bond acceptors (Lipinski definition) is 5. The first kappa shape index (κ1) is 19.0. The monoisotopic (exact) mass is 382 g/mol. The zero-order chi connectivity index (χ0) is 19.2. The third-order valence-electron chi connectivity index (χ3n) is 4.03.